The van der Waals surface area contributed by atoms with Crippen LogP contribution in [0, 0.1) is 0 Å². The Kier molecular flexibility index (Phi) is 4.92. The third kappa shape index (κ3) is 3.17. The van der Waals surface area contributed by atoms with Crippen molar-refractivity contribution in [2.45, 2.75) is 20.8 Å². The van der Waals surface area contributed by atoms with Gasteiger partial charge in [0, 0.05) is 11.8 Å². The Morgan fingerprint density at radius 1 is 0.960 bits per heavy atom. The second-order valence-corrected chi connectivity index (χ2v) is 5.28. The van der Waals surface area contributed by atoms with Crippen molar-refractivity contribution in [2.75, 3.05) is 25.6 Å². The Bertz CT molecular complexity index is 849. The van der Waals surface area contributed by atoms with E-state index in [9.17, 15) is 0 Å². The summed E-state index contributed by atoms with van der Waals surface area (Å²) in [5.41, 5.74) is 7.97. The first-order chi connectivity index (χ1) is 12.2. The fourth-order valence-corrected chi connectivity index (χ4v) is 2.65. The van der Waals surface area contributed by atoms with Crippen molar-refractivity contribution in [2.24, 2.45) is 0 Å². The number of ether oxygens (including phenoxy) is 3. The van der Waals surface area contributed by atoms with Crippen LogP contribution in [0.15, 0.2) is 30.5 Å². The molecule has 0 saturated heterocycles. The first kappa shape index (κ1) is 16.9. The predicted molar refractivity (Wildman–Crippen MR) is 96.3 cm³/mol. The summed E-state index contributed by atoms with van der Waals surface area (Å²) in [6, 6.07) is 7.42. The molecule has 3 rings (SSSR count). The number of nitrogens with zero attached hydrogens (tertiary/aromatic N) is 3. The van der Waals surface area contributed by atoms with Gasteiger partial charge in [-0.05, 0) is 45.0 Å². The van der Waals surface area contributed by atoms with Gasteiger partial charge in [0.2, 0.25) is 5.75 Å². The van der Waals surface area contributed by atoms with Crippen LogP contribution in [0.1, 0.15) is 20.8 Å². The lowest BCUT2D eigenvalue weighted by molar-refractivity contribution is 0.261. The van der Waals surface area contributed by atoms with E-state index < -0.39 is 0 Å². The summed E-state index contributed by atoms with van der Waals surface area (Å²) < 4.78 is 19.1. The Morgan fingerprint density at radius 2 is 1.60 bits per heavy atom. The smallest absolute Gasteiger partial charge is 0.203 e. The molecule has 0 bridgehead atoms. The normalized spacial score (nSPS) is 10.8. The van der Waals surface area contributed by atoms with Crippen molar-refractivity contribution in [3.63, 3.8) is 0 Å². The zero-order valence-corrected chi connectivity index (χ0v) is 14.7. The monoisotopic (exact) mass is 342 g/mol. The SMILES string of the molecule is CCOc1cc(-c2nnc3c(N)cccn23)cc(OCC)c1OCC. The van der Waals surface area contributed by atoms with Crippen molar-refractivity contribution in [1.82, 2.24) is 14.6 Å². The van der Waals surface area contributed by atoms with E-state index in [-0.39, 0.29) is 0 Å². The Morgan fingerprint density at radius 3 is 2.20 bits per heavy atom. The molecule has 3 aromatic rings. The summed E-state index contributed by atoms with van der Waals surface area (Å²) in [4.78, 5) is 0. The van der Waals surface area contributed by atoms with E-state index in [1.54, 1.807) is 6.07 Å². The van der Waals surface area contributed by atoms with E-state index in [4.69, 9.17) is 19.9 Å². The number of nitrogens with two attached hydrogens (primary N) is 1. The summed E-state index contributed by atoms with van der Waals surface area (Å²) in [5.74, 6) is 2.49. The number of anilines is 1. The van der Waals surface area contributed by atoms with Gasteiger partial charge in [0.15, 0.2) is 23.0 Å². The highest BCUT2D eigenvalue weighted by Crippen LogP contribution is 2.41. The third-order valence-electron chi connectivity index (χ3n) is 3.63. The van der Waals surface area contributed by atoms with Gasteiger partial charge in [0.05, 0.1) is 25.5 Å². The van der Waals surface area contributed by atoms with E-state index in [1.165, 1.54) is 0 Å². The van der Waals surface area contributed by atoms with Gasteiger partial charge in [-0.2, -0.15) is 0 Å². The molecule has 2 N–H and O–H groups in total. The fourth-order valence-electron chi connectivity index (χ4n) is 2.65. The first-order valence-corrected chi connectivity index (χ1v) is 8.35. The second-order valence-electron chi connectivity index (χ2n) is 5.28. The Labute approximate surface area is 146 Å². The highest BCUT2D eigenvalue weighted by atomic mass is 16.5. The molecular weight excluding hydrogens is 320 g/mol. The maximum absolute atomic E-state index is 5.97. The van der Waals surface area contributed by atoms with E-state index in [1.807, 2.05) is 49.6 Å². The largest absolute Gasteiger partial charge is 0.490 e. The van der Waals surface area contributed by atoms with Gasteiger partial charge in [0.1, 0.15) is 0 Å². The first-order valence-electron chi connectivity index (χ1n) is 8.35. The summed E-state index contributed by atoms with van der Waals surface area (Å²) in [6.07, 6.45) is 1.87. The summed E-state index contributed by atoms with van der Waals surface area (Å²) in [5, 5.41) is 8.47. The van der Waals surface area contributed by atoms with Crippen LogP contribution in [0.5, 0.6) is 17.2 Å². The standard InChI is InChI=1S/C18H22N4O3/c1-4-23-14-10-12(11-15(24-5-2)16(14)25-6-3)17-20-21-18-13(19)8-7-9-22(17)18/h7-11H,4-6,19H2,1-3H3. The van der Waals surface area contributed by atoms with E-state index in [0.29, 0.717) is 54.2 Å². The van der Waals surface area contributed by atoms with Crippen LogP contribution in [-0.2, 0) is 0 Å². The van der Waals surface area contributed by atoms with Crippen LogP contribution < -0.4 is 19.9 Å². The summed E-state index contributed by atoms with van der Waals surface area (Å²) in [7, 11) is 0. The van der Waals surface area contributed by atoms with Gasteiger partial charge in [-0.25, -0.2) is 0 Å². The molecule has 7 nitrogen and oxygen atoms in total. The zero-order valence-electron chi connectivity index (χ0n) is 14.7. The van der Waals surface area contributed by atoms with Gasteiger partial charge in [-0.1, -0.05) is 0 Å². The van der Waals surface area contributed by atoms with Crippen molar-refractivity contribution in [3.8, 4) is 28.6 Å². The molecule has 0 spiro atoms. The lowest BCUT2D eigenvalue weighted by Crippen LogP contribution is -2.03. The maximum Gasteiger partial charge on any atom is 0.203 e. The molecule has 0 fully saturated rings. The number of pyridine rings is 1. The number of benzene rings is 1. The number of rotatable bonds is 7. The molecule has 1 aromatic carbocycles. The highest BCUT2D eigenvalue weighted by Gasteiger charge is 2.18. The van der Waals surface area contributed by atoms with Crippen molar-refractivity contribution < 1.29 is 14.2 Å². The molecule has 132 valence electrons. The molecule has 7 heteroatoms. The zero-order chi connectivity index (χ0) is 17.8. The van der Waals surface area contributed by atoms with Crippen LogP contribution in [0.4, 0.5) is 5.69 Å². The molecule has 2 aromatic heterocycles. The molecule has 0 aliphatic heterocycles. The molecule has 0 aliphatic carbocycles. The minimum absolute atomic E-state index is 0.516. The number of nitrogen functional groups attached to an aromatic ring is 1. The van der Waals surface area contributed by atoms with Gasteiger partial charge in [0.25, 0.3) is 0 Å². The molecule has 2 heterocycles. The van der Waals surface area contributed by atoms with E-state index in [0.717, 1.165) is 5.56 Å². The second kappa shape index (κ2) is 7.29. The number of hydrogen-bond donors (Lipinski definition) is 1. The molecule has 0 amide bonds. The molecule has 0 atom stereocenters. The van der Waals surface area contributed by atoms with Gasteiger partial charge in [-0.15, -0.1) is 10.2 Å². The van der Waals surface area contributed by atoms with Crippen LogP contribution in [0.25, 0.3) is 17.0 Å². The van der Waals surface area contributed by atoms with Crippen molar-refractivity contribution in [1.29, 1.82) is 0 Å². The average molecular weight is 342 g/mol. The molecule has 0 unspecified atom stereocenters. The number of fused-ring (bicyclic) bond motifs is 1. The molecule has 25 heavy (non-hydrogen) atoms. The van der Waals surface area contributed by atoms with Crippen LogP contribution in [-0.4, -0.2) is 34.4 Å². The Balaban J connectivity index is 2.19. The number of hydrogen-bond acceptors (Lipinski definition) is 6. The predicted octanol–water partition coefficient (Wildman–Crippen LogP) is 3.17. The molecule has 0 aliphatic rings. The molecule has 0 saturated carbocycles. The maximum atomic E-state index is 5.97. The molecular formula is C18H22N4O3. The Hall–Kier alpha value is -2.96. The van der Waals surface area contributed by atoms with Crippen LogP contribution in [0.3, 0.4) is 0 Å². The molecule has 0 radical (unpaired) electrons. The van der Waals surface area contributed by atoms with Gasteiger partial charge in [-0.3, -0.25) is 4.40 Å². The van der Waals surface area contributed by atoms with E-state index in [2.05, 4.69) is 10.2 Å². The van der Waals surface area contributed by atoms with E-state index >= 15 is 0 Å². The minimum atomic E-state index is 0.516. The highest BCUT2D eigenvalue weighted by molar-refractivity contribution is 5.72. The number of aromatic nitrogens is 3. The third-order valence-corrected chi connectivity index (χ3v) is 3.63. The van der Waals surface area contributed by atoms with Crippen molar-refractivity contribution in [3.05, 3.63) is 30.5 Å². The van der Waals surface area contributed by atoms with Crippen molar-refractivity contribution >= 4 is 11.3 Å². The quantitative estimate of drug-likeness (QED) is 0.710. The summed E-state index contributed by atoms with van der Waals surface area (Å²) >= 11 is 0. The van der Waals surface area contributed by atoms with Crippen LogP contribution >= 0.6 is 0 Å². The lowest BCUT2D eigenvalue weighted by Gasteiger charge is -2.16. The summed E-state index contributed by atoms with van der Waals surface area (Å²) in [6.45, 7) is 7.33. The van der Waals surface area contributed by atoms with Gasteiger partial charge < -0.3 is 19.9 Å². The van der Waals surface area contributed by atoms with Crippen LogP contribution in [0.2, 0.25) is 0 Å². The average Bonchev–Trinajstić information content (AvgIpc) is 3.03. The fraction of sp³-hybridized carbons (Fsp3) is 0.333. The van der Waals surface area contributed by atoms with Gasteiger partial charge >= 0.3 is 0 Å². The minimum Gasteiger partial charge on any atom is -0.490 e. The lowest BCUT2D eigenvalue weighted by atomic mass is 10.1. The topological polar surface area (TPSA) is 83.9 Å².